The molecule has 12 nitrogen and oxygen atoms in total. The highest BCUT2D eigenvalue weighted by Crippen LogP contribution is 2.27. The smallest absolute Gasteiger partial charge is 0.335 e. The van der Waals surface area contributed by atoms with Crippen molar-refractivity contribution in [3.05, 3.63) is 48.6 Å². The number of aliphatic hydroxyl groups excluding tert-OH is 2. The lowest BCUT2D eigenvalue weighted by Gasteiger charge is -2.40. The van der Waals surface area contributed by atoms with Crippen LogP contribution in [-0.2, 0) is 42.9 Å². The van der Waals surface area contributed by atoms with Gasteiger partial charge in [-0.25, -0.2) is 4.79 Å². The summed E-state index contributed by atoms with van der Waals surface area (Å²) in [5.74, 6) is -3.14. The molecule has 6 unspecified atom stereocenters. The number of esters is 3. The molecule has 0 saturated carbocycles. The summed E-state index contributed by atoms with van der Waals surface area (Å²) in [6.45, 7) is 5.93. The Bertz CT molecular complexity index is 1630. The SMILES string of the molecule is CC/C=C\C/C=C\C/C=C\C/C=C\CCCCC(=O)OC1C(OCC(COC(=O)CCCCCCCCCCCCCCCCCCCCC)OC(=O)CCCCCCCCCCCCCCCCCCCCC)OC(C(=O)O)C(O)C1O. The van der Waals surface area contributed by atoms with Crippen LogP contribution in [0.5, 0.6) is 0 Å². The van der Waals surface area contributed by atoms with Crippen LogP contribution in [0.3, 0.4) is 0 Å². The number of rotatable bonds is 60. The molecule has 0 amide bonds. The van der Waals surface area contributed by atoms with Crippen LogP contribution in [0.15, 0.2) is 48.6 Å². The third-order valence-corrected chi connectivity index (χ3v) is 15.9. The third kappa shape index (κ3) is 48.5. The molecule has 482 valence electrons. The van der Waals surface area contributed by atoms with Gasteiger partial charge in [0.1, 0.15) is 18.8 Å². The van der Waals surface area contributed by atoms with E-state index in [9.17, 15) is 34.5 Å². The fraction of sp³-hybridized carbons (Fsp3) is 0.831. The van der Waals surface area contributed by atoms with Crippen molar-refractivity contribution in [2.75, 3.05) is 13.2 Å². The first kappa shape index (κ1) is 77.7. The van der Waals surface area contributed by atoms with Crippen LogP contribution in [-0.4, -0.2) is 89.2 Å². The molecule has 1 aliphatic rings. The van der Waals surface area contributed by atoms with E-state index < -0.39 is 67.3 Å². The summed E-state index contributed by atoms with van der Waals surface area (Å²) < 4.78 is 28.6. The quantitative estimate of drug-likeness (QED) is 0.0228. The molecule has 0 aromatic carbocycles. The average Bonchev–Trinajstić information content (AvgIpc) is 3.57. The zero-order valence-electron chi connectivity index (χ0n) is 53.5. The van der Waals surface area contributed by atoms with Crippen molar-refractivity contribution in [1.82, 2.24) is 0 Å². The van der Waals surface area contributed by atoms with Gasteiger partial charge < -0.3 is 39.0 Å². The molecular formula is C71H126O12. The fourth-order valence-corrected chi connectivity index (χ4v) is 10.7. The Morgan fingerprint density at radius 2 is 0.759 bits per heavy atom. The standard InChI is InChI=1S/C71H126O12/c1-4-7-10-13-16-19-22-25-28-30-32-34-37-39-42-45-48-51-54-57-63(72)79-60-62(81-64(73)58-55-52-49-46-43-41-38-35-33-31-29-26-23-20-17-14-11-8-5-2)61-80-71-69(67(76)66(75)68(83-71)70(77)78)82-65(74)59-56-53-50-47-44-40-36-27-24-21-18-15-12-9-6-3/h9,12,18,21,27,36,44,47,62,66-69,71,75-76H,4-8,10-11,13-17,19-20,22-26,28-35,37-43,45-46,48-61H2,1-3H3,(H,77,78)/b12-9-,21-18-,36-27-,47-44-. The predicted octanol–water partition coefficient (Wildman–Crippen LogP) is 18.9. The van der Waals surface area contributed by atoms with E-state index in [1.54, 1.807) is 0 Å². The second kappa shape index (κ2) is 59.0. The number of carboxylic acid groups (broad SMARTS) is 1. The highest BCUT2D eigenvalue weighted by Gasteiger charge is 2.50. The Morgan fingerprint density at radius 1 is 0.410 bits per heavy atom. The van der Waals surface area contributed by atoms with Crippen molar-refractivity contribution in [2.24, 2.45) is 0 Å². The summed E-state index contributed by atoms with van der Waals surface area (Å²) >= 11 is 0. The van der Waals surface area contributed by atoms with Gasteiger partial charge in [-0.05, 0) is 57.8 Å². The number of unbranched alkanes of at least 4 members (excludes halogenated alkanes) is 38. The minimum atomic E-state index is -1.92. The third-order valence-electron chi connectivity index (χ3n) is 15.9. The summed E-state index contributed by atoms with van der Waals surface area (Å²) in [6.07, 6.45) is 60.8. The van der Waals surface area contributed by atoms with Crippen molar-refractivity contribution in [1.29, 1.82) is 0 Å². The minimum absolute atomic E-state index is 0.0110. The molecule has 0 spiro atoms. The van der Waals surface area contributed by atoms with Crippen molar-refractivity contribution < 1.29 is 58.2 Å². The molecule has 0 bridgehead atoms. The summed E-state index contributed by atoms with van der Waals surface area (Å²) in [5, 5.41) is 31.6. The van der Waals surface area contributed by atoms with Gasteiger partial charge in [-0.15, -0.1) is 0 Å². The monoisotopic (exact) mass is 1170 g/mol. The first-order valence-corrected chi connectivity index (χ1v) is 34.6. The van der Waals surface area contributed by atoms with Crippen LogP contribution in [0.4, 0.5) is 0 Å². The van der Waals surface area contributed by atoms with Crippen LogP contribution in [0.25, 0.3) is 0 Å². The van der Waals surface area contributed by atoms with Gasteiger partial charge in [0.25, 0.3) is 0 Å². The molecule has 3 N–H and O–H groups in total. The van der Waals surface area contributed by atoms with Crippen molar-refractivity contribution in [3.8, 4) is 0 Å². The molecule has 0 aliphatic carbocycles. The molecule has 0 radical (unpaired) electrons. The molecule has 1 saturated heterocycles. The number of hydrogen-bond donors (Lipinski definition) is 3. The maximum atomic E-state index is 13.2. The largest absolute Gasteiger partial charge is 0.479 e. The van der Waals surface area contributed by atoms with Gasteiger partial charge in [0.2, 0.25) is 0 Å². The lowest BCUT2D eigenvalue weighted by molar-refractivity contribution is -0.301. The number of aliphatic carboxylic acids is 1. The maximum absolute atomic E-state index is 13.2. The van der Waals surface area contributed by atoms with Crippen LogP contribution < -0.4 is 0 Å². The van der Waals surface area contributed by atoms with Gasteiger partial charge in [0, 0.05) is 19.3 Å². The van der Waals surface area contributed by atoms with Crippen LogP contribution in [0.2, 0.25) is 0 Å². The van der Waals surface area contributed by atoms with Gasteiger partial charge in [0.15, 0.2) is 24.6 Å². The lowest BCUT2D eigenvalue weighted by atomic mass is 9.98. The van der Waals surface area contributed by atoms with Crippen molar-refractivity contribution in [2.45, 2.75) is 366 Å². The van der Waals surface area contributed by atoms with Gasteiger partial charge in [0.05, 0.1) is 6.61 Å². The Kier molecular flexibility index (Phi) is 55.3. The van der Waals surface area contributed by atoms with Crippen molar-refractivity contribution in [3.63, 3.8) is 0 Å². The molecular weight excluding hydrogens is 1040 g/mol. The molecule has 12 heteroatoms. The van der Waals surface area contributed by atoms with E-state index in [0.29, 0.717) is 25.7 Å². The van der Waals surface area contributed by atoms with Gasteiger partial charge in [-0.2, -0.15) is 0 Å². The van der Waals surface area contributed by atoms with E-state index >= 15 is 0 Å². The second-order valence-corrected chi connectivity index (χ2v) is 23.8. The number of hydrogen-bond acceptors (Lipinski definition) is 11. The van der Waals surface area contributed by atoms with Crippen LogP contribution >= 0.6 is 0 Å². The summed E-state index contributed by atoms with van der Waals surface area (Å²) in [4.78, 5) is 51.4. The molecule has 0 aromatic rings. The van der Waals surface area contributed by atoms with Crippen LogP contribution in [0, 0.1) is 0 Å². The van der Waals surface area contributed by atoms with Gasteiger partial charge >= 0.3 is 23.9 Å². The molecule has 1 rings (SSSR count). The number of allylic oxidation sites excluding steroid dienone is 8. The fourth-order valence-electron chi connectivity index (χ4n) is 10.7. The van der Waals surface area contributed by atoms with E-state index in [1.165, 1.54) is 193 Å². The minimum Gasteiger partial charge on any atom is -0.479 e. The number of carbonyl (C=O) groups excluding carboxylic acids is 3. The van der Waals surface area contributed by atoms with E-state index in [1.807, 2.05) is 0 Å². The molecule has 83 heavy (non-hydrogen) atoms. The number of aliphatic hydroxyl groups is 2. The Morgan fingerprint density at radius 3 is 1.16 bits per heavy atom. The predicted molar refractivity (Wildman–Crippen MR) is 340 cm³/mol. The lowest BCUT2D eigenvalue weighted by Crippen LogP contribution is -2.61. The van der Waals surface area contributed by atoms with Crippen LogP contribution in [0.1, 0.15) is 329 Å². The molecule has 6 atom stereocenters. The number of ether oxygens (including phenoxy) is 5. The van der Waals surface area contributed by atoms with Gasteiger partial charge in [-0.1, -0.05) is 301 Å². The average molecular weight is 1170 g/mol. The Hall–Kier alpha value is -3.32. The second-order valence-electron chi connectivity index (χ2n) is 23.8. The first-order valence-electron chi connectivity index (χ1n) is 34.6. The zero-order valence-corrected chi connectivity index (χ0v) is 53.5. The van der Waals surface area contributed by atoms with Gasteiger partial charge in [-0.3, -0.25) is 14.4 Å². The van der Waals surface area contributed by atoms with E-state index in [4.69, 9.17) is 23.7 Å². The molecule has 0 aromatic heterocycles. The maximum Gasteiger partial charge on any atom is 0.335 e. The highest BCUT2D eigenvalue weighted by atomic mass is 16.7. The van der Waals surface area contributed by atoms with E-state index in [-0.39, 0.29) is 25.9 Å². The number of carboxylic acids is 1. The summed E-state index contributed by atoms with van der Waals surface area (Å²) in [6, 6.07) is 0. The Labute approximate surface area is 507 Å². The van der Waals surface area contributed by atoms with Crippen molar-refractivity contribution >= 4 is 23.9 Å². The summed E-state index contributed by atoms with van der Waals surface area (Å²) in [5.41, 5.74) is 0. The first-order chi connectivity index (χ1) is 40.6. The highest BCUT2D eigenvalue weighted by molar-refractivity contribution is 5.74. The normalized spacial score (nSPS) is 17.8. The summed E-state index contributed by atoms with van der Waals surface area (Å²) in [7, 11) is 0. The zero-order chi connectivity index (χ0) is 60.3. The Balaban J connectivity index is 2.63. The molecule has 1 fully saturated rings. The topological polar surface area (TPSA) is 175 Å². The number of carbonyl (C=O) groups is 4. The molecule has 1 aliphatic heterocycles. The van der Waals surface area contributed by atoms with E-state index in [2.05, 4.69) is 69.4 Å². The van der Waals surface area contributed by atoms with E-state index in [0.717, 1.165) is 70.6 Å². The molecule has 1 heterocycles.